The normalized spacial score (nSPS) is 21.4. The number of nitrogens with zero attached hydrogens (tertiary/aromatic N) is 10. The molecule has 8 aromatic rings. The fraction of sp³-hybridized carbons (Fsp3) is 0.453. The van der Waals surface area contributed by atoms with E-state index in [2.05, 4.69) is 77.5 Å². The lowest BCUT2D eigenvalue weighted by atomic mass is 9.91. The molecule has 1 aliphatic carbocycles. The van der Waals surface area contributed by atoms with E-state index in [1.54, 1.807) is 63.1 Å². The Morgan fingerprint density at radius 3 is 2.37 bits per heavy atom. The number of hydrogen-bond acceptors (Lipinski definition) is 10. The van der Waals surface area contributed by atoms with Gasteiger partial charge in [-0.25, -0.2) is 23.2 Å². The molecular formula is C53H63FN10O6Si. The molecule has 0 amide bonds. The molecule has 3 aliphatic rings. The molecule has 2 aliphatic heterocycles. The van der Waals surface area contributed by atoms with Gasteiger partial charge in [0.25, 0.3) is 0 Å². The summed E-state index contributed by atoms with van der Waals surface area (Å²) in [7, 11) is 0.474. The summed E-state index contributed by atoms with van der Waals surface area (Å²) in [5.41, 5.74) is 6.29. The van der Waals surface area contributed by atoms with E-state index in [1.165, 1.54) is 10.1 Å². The van der Waals surface area contributed by atoms with Gasteiger partial charge >= 0.3 is 11.4 Å². The first-order valence-corrected chi connectivity index (χ1v) is 28.6. The molecule has 5 aromatic heterocycles. The Morgan fingerprint density at radius 1 is 0.930 bits per heavy atom. The van der Waals surface area contributed by atoms with Crippen LogP contribution in [0.5, 0.6) is 0 Å². The summed E-state index contributed by atoms with van der Waals surface area (Å²) < 4.78 is 43.1. The second-order valence-electron chi connectivity index (χ2n) is 21.6. The molecule has 16 nitrogen and oxygen atoms in total. The van der Waals surface area contributed by atoms with Gasteiger partial charge in [0.1, 0.15) is 30.1 Å². The van der Waals surface area contributed by atoms with Crippen molar-refractivity contribution >= 4 is 29.9 Å². The molecule has 18 heteroatoms. The predicted octanol–water partition coefficient (Wildman–Crippen LogP) is 8.55. The third-order valence-corrected chi connectivity index (χ3v) is 17.3. The molecule has 71 heavy (non-hydrogen) atoms. The Kier molecular flexibility index (Phi) is 11.7. The van der Waals surface area contributed by atoms with E-state index in [-0.39, 0.29) is 30.2 Å². The maximum Gasteiger partial charge on any atom is 0.443 e. The number of halogens is 1. The monoisotopic (exact) mass is 982 g/mol. The Morgan fingerprint density at radius 2 is 1.65 bits per heavy atom. The van der Waals surface area contributed by atoms with Gasteiger partial charge in [-0.1, -0.05) is 37.8 Å². The largest absolute Gasteiger partial charge is 0.443 e. The lowest BCUT2D eigenvalue weighted by molar-refractivity contribution is -0.0603. The highest BCUT2D eigenvalue weighted by atomic mass is 28.3. The zero-order chi connectivity index (χ0) is 49.8. The molecule has 3 aromatic carbocycles. The van der Waals surface area contributed by atoms with Gasteiger partial charge in [-0.3, -0.25) is 23.2 Å². The maximum atomic E-state index is 15.3. The third-order valence-electron chi connectivity index (χ3n) is 15.6. The number of aromatic nitrogens is 9. The molecular weight excluding hydrogens is 920 g/mol. The molecule has 0 spiro atoms. The topological polar surface area (TPSA) is 157 Å². The summed E-state index contributed by atoms with van der Waals surface area (Å²) in [6.45, 7) is 18.6. The van der Waals surface area contributed by atoms with E-state index in [0.29, 0.717) is 78.4 Å². The molecule has 372 valence electrons. The minimum Gasteiger partial charge on any atom is -0.381 e. The Balaban J connectivity index is 1.05. The summed E-state index contributed by atoms with van der Waals surface area (Å²) in [4.78, 5) is 30.5. The van der Waals surface area contributed by atoms with Crippen LogP contribution in [0, 0.1) is 25.6 Å². The highest BCUT2D eigenvalue weighted by molar-refractivity contribution is 6.76. The summed E-state index contributed by atoms with van der Waals surface area (Å²) >= 11 is 0. The fourth-order valence-electron chi connectivity index (χ4n) is 11.6. The zero-order valence-corrected chi connectivity index (χ0v) is 43.0. The van der Waals surface area contributed by atoms with Crippen LogP contribution in [-0.2, 0) is 35.2 Å². The molecule has 1 saturated carbocycles. The Bertz CT molecular complexity index is 3450. The zero-order valence-electron chi connectivity index (χ0n) is 42.0. The fourth-order valence-corrected chi connectivity index (χ4v) is 12.3. The highest BCUT2D eigenvalue weighted by Crippen LogP contribution is 2.57. The van der Waals surface area contributed by atoms with Crippen LogP contribution >= 0.6 is 0 Å². The standard InChI is InChI=1S/C53H63FN10O6Si/c1-31-22-41(23-32(2)47(31)54)64-48(60-17-16-59(51(60)66)40-11-13-43-39(26-40)29-55-58(43)6)46-35(5)62(34(4)24-42(46)56-64)49(65)45-27-38-25-37(36-14-18-68-19-15-36)10-12-44(38)63(45)53(28-33(53)3)50-57-70-52(67)61(50)30-69-20-21-71(7,8)9/h10-13,16-17,22-23,25-27,29,33-36,49,65H,14-15,18-21,24,28,30H2,1-9H3/t33-,34+,35-,49?,53-/m0/s1. The van der Waals surface area contributed by atoms with Crippen molar-refractivity contribution in [1.29, 1.82) is 0 Å². The van der Waals surface area contributed by atoms with Crippen molar-refractivity contribution in [2.45, 2.75) is 122 Å². The van der Waals surface area contributed by atoms with E-state index < -0.39 is 31.6 Å². The second-order valence-corrected chi connectivity index (χ2v) is 27.2. The van der Waals surface area contributed by atoms with Gasteiger partial charge in [-0.2, -0.15) is 10.2 Å². The number of benzene rings is 3. The van der Waals surface area contributed by atoms with Gasteiger partial charge in [-0.05, 0) is 130 Å². The lowest BCUT2D eigenvalue weighted by Crippen LogP contribution is -2.45. The Hall–Kier alpha value is -6.18. The number of rotatable bonds is 13. The van der Waals surface area contributed by atoms with Crippen molar-refractivity contribution in [2.24, 2.45) is 13.0 Å². The Labute approximate surface area is 411 Å². The molecule has 5 atom stereocenters. The molecule has 1 saturated heterocycles. The van der Waals surface area contributed by atoms with E-state index in [9.17, 15) is 14.7 Å². The lowest BCUT2D eigenvalue weighted by Gasteiger charge is -2.42. The molecule has 7 heterocycles. The third kappa shape index (κ3) is 7.89. The second kappa shape index (κ2) is 17.5. The van der Waals surface area contributed by atoms with Crippen molar-refractivity contribution in [3.8, 4) is 17.2 Å². The summed E-state index contributed by atoms with van der Waals surface area (Å²) in [6.07, 6.45) is 7.03. The first-order chi connectivity index (χ1) is 33.9. The van der Waals surface area contributed by atoms with Crippen molar-refractivity contribution in [2.75, 3.05) is 19.8 Å². The van der Waals surface area contributed by atoms with Gasteiger partial charge in [-0.15, -0.1) is 0 Å². The van der Waals surface area contributed by atoms with Crippen molar-refractivity contribution in [3.05, 3.63) is 140 Å². The van der Waals surface area contributed by atoms with E-state index in [4.69, 9.17) is 19.1 Å². The van der Waals surface area contributed by atoms with Gasteiger partial charge < -0.3 is 19.1 Å². The van der Waals surface area contributed by atoms with Crippen LogP contribution in [0.1, 0.15) is 97.7 Å². The summed E-state index contributed by atoms with van der Waals surface area (Å²) in [5, 5.41) is 29.4. The SMILES string of the molecule is Cc1cc(-n2nc3c(c2-n2ccn(-c4ccc5c(cnn5C)c4)c2=O)[C@H](C)N(C(O)c2cc4cc(C5CCOCC5)ccc4n2[C@@]2(c4noc(=O)n4COCC[Si](C)(C)C)C[C@@H]2C)[C@H](C)C3)cc(C)c1F. The quantitative estimate of drug-likeness (QED) is 0.0877. The smallest absolute Gasteiger partial charge is 0.381 e. The van der Waals surface area contributed by atoms with Crippen LogP contribution in [0.3, 0.4) is 0 Å². The van der Waals surface area contributed by atoms with Crippen LogP contribution in [-0.4, -0.2) is 86.9 Å². The minimum absolute atomic E-state index is 0.00358. The van der Waals surface area contributed by atoms with Crippen molar-refractivity contribution in [3.63, 3.8) is 0 Å². The first-order valence-electron chi connectivity index (χ1n) is 24.9. The van der Waals surface area contributed by atoms with Crippen LogP contribution in [0.4, 0.5) is 4.39 Å². The number of aliphatic hydroxyl groups is 1. The van der Waals surface area contributed by atoms with Crippen LogP contribution in [0.2, 0.25) is 25.7 Å². The minimum atomic E-state index is -1.41. The maximum absolute atomic E-state index is 15.3. The molecule has 11 rings (SSSR count). The summed E-state index contributed by atoms with van der Waals surface area (Å²) in [6, 6.07) is 18.2. The average Bonchev–Trinajstić information content (AvgIpc) is 3.93. The van der Waals surface area contributed by atoms with Crippen molar-refractivity contribution in [1.82, 2.24) is 47.9 Å². The van der Waals surface area contributed by atoms with Crippen LogP contribution in [0.15, 0.2) is 87.3 Å². The van der Waals surface area contributed by atoms with Gasteiger partial charge in [0.2, 0.25) is 0 Å². The first kappa shape index (κ1) is 47.2. The highest BCUT2D eigenvalue weighted by Gasteiger charge is 2.60. The van der Waals surface area contributed by atoms with E-state index >= 15 is 4.39 Å². The number of hydrogen-bond donors (Lipinski definition) is 1. The van der Waals surface area contributed by atoms with E-state index in [1.807, 2.05) is 32.2 Å². The number of ether oxygens (including phenoxy) is 2. The van der Waals surface area contributed by atoms with Gasteiger partial charge in [0.15, 0.2) is 5.82 Å². The molecule has 0 bridgehead atoms. The number of fused-ring (bicyclic) bond motifs is 3. The van der Waals surface area contributed by atoms with Crippen LogP contribution in [0.25, 0.3) is 39.0 Å². The van der Waals surface area contributed by atoms with Gasteiger partial charge in [0.05, 0.1) is 34.5 Å². The molecule has 1 unspecified atom stereocenters. The number of imidazole rings is 1. The van der Waals surface area contributed by atoms with E-state index in [0.717, 1.165) is 51.9 Å². The number of aliphatic hydroxyl groups excluding tert-OH is 1. The summed E-state index contributed by atoms with van der Waals surface area (Å²) in [5.74, 6) is 0.436. The average molecular weight is 983 g/mol. The number of aryl methyl sites for hydroxylation is 3. The molecule has 0 radical (unpaired) electrons. The van der Waals surface area contributed by atoms with Gasteiger partial charge in [0, 0.05) is 87.7 Å². The van der Waals surface area contributed by atoms with Crippen molar-refractivity contribution < 1.29 is 23.5 Å². The molecule has 1 N–H and O–H groups in total. The predicted molar refractivity (Wildman–Crippen MR) is 271 cm³/mol. The molecule has 2 fully saturated rings. The van der Waals surface area contributed by atoms with Crippen LogP contribution < -0.4 is 11.4 Å².